The molecular weight excluding hydrogens is 660 g/mol. The van der Waals surface area contributed by atoms with E-state index in [4.69, 9.17) is 0 Å². The molecule has 0 aliphatic carbocycles. The number of unbranched alkanes of at least 4 members (excludes halogenated alkanes) is 1. The van der Waals surface area contributed by atoms with Crippen molar-refractivity contribution in [1.82, 2.24) is 10.2 Å². The second kappa shape index (κ2) is 14.8. The summed E-state index contributed by atoms with van der Waals surface area (Å²) in [5, 5.41) is 2.85. The molecule has 0 saturated carbocycles. The minimum atomic E-state index is -4.92. The zero-order valence-electron chi connectivity index (χ0n) is 25.9. The van der Waals surface area contributed by atoms with Gasteiger partial charge in [0.1, 0.15) is 10.7 Å². The average molecular weight is 695 g/mol. The van der Waals surface area contributed by atoms with Crippen molar-refractivity contribution in [1.29, 1.82) is 0 Å². The number of hydrogen-bond acceptors (Lipinski definition) is 6. The second-order valence-corrected chi connectivity index (χ2v) is 14.6. The SMILES string of the molecule is O=C(/C=C/c1ccc(F)c(-c2ccc3cc(S(=O)(=O)O)cc(S(=O)(=O)O)c3c2)c1)NCCCCC1CCN(C(=O)c2ccccc2)CC1. The molecule has 48 heavy (non-hydrogen) atoms. The Morgan fingerprint density at radius 2 is 1.60 bits per heavy atom. The first-order valence-corrected chi connectivity index (χ1v) is 18.3. The molecule has 4 aromatic carbocycles. The largest absolute Gasteiger partial charge is 0.353 e. The van der Waals surface area contributed by atoms with E-state index >= 15 is 0 Å². The molecule has 1 aliphatic rings. The zero-order chi connectivity index (χ0) is 34.5. The van der Waals surface area contributed by atoms with Gasteiger partial charge in [0.2, 0.25) is 5.91 Å². The number of nitrogens with one attached hydrogen (secondary N) is 1. The van der Waals surface area contributed by atoms with E-state index in [9.17, 15) is 39.9 Å². The van der Waals surface area contributed by atoms with E-state index in [0.29, 0.717) is 29.7 Å². The lowest BCUT2D eigenvalue weighted by Crippen LogP contribution is -2.38. The molecule has 1 fully saturated rings. The van der Waals surface area contributed by atoms with Crippen molar-refractivity contribution in [3.63, 3.8) is 0 Å². The van der Waals surface area contributed by atoms with Crippen molar-refractivity contribution in [3.8, 4) is 11.1 Å². The van der Waals surface area contributed by atoms with E-state index in [1.54, 1.807) is 0 Å². The van der Waals surface area contributed by atoms with Crippen LogP contribution in [0.1, 0.15) is 48.0 Å². The highest BCUT2D eigenvalue weighted by Gasteiger charge is 2.24. The van der Waals surface area contributed by atoms with E-state index in [1.165, 1.54) is 48.6 Å². The lowest BCUT2D eigenvalue weighted by molar-refractivity contribution is -0.116. The molecule has 0 spiro atoms. The number of halogens is 1. The molecule has 0 aromatic heterocycles. The Bertz CT molecular complexity index is 2080. The van der Waals surface area contributed by atoms with Crippen LogP contribution in [-0.2, 0) is 25.0 Å². The third-order valence-corrected chi connectivity index (χ3v) is 10.2. The smallest absolute Gasteiger partial charge is 0.295 e. The van der Waals surface area contributed by atoms with Crippen LogP contribution < -0.4 is 5.32 Å². The summed E-state index contributed by atoms with van der Waals surface area (Å²) in [6, 6.07) is 19.2. The van der Waals surface area contributed by atoms with E-state index in [1.807, 2.05) is 35.2 Å². The zero-order valence-corrected chi connectivity index (χ0v) is 27.5. The summed E-state index contributed by atoms with van der Waals surface area (Å²) < 4.78 is 81.4. The molecule has 1 saturated heterocycles. The number of carbonyl (C=O) groups is 2. The van der Waals surface area contributed by atoms with Crippen molar-refractivity contribution < 1.29 is 39.9 Å². The third-order valence-electron chi connectivity index (χ3n) is 8.46. The van der Waals surface area contributed by atoms with Gasteiger partial charge in [0, 0.05) is 42.2 Å². The Morgan fingerprint density at radius 3 is 2.29 bits per heavy atom. The Labute approximate surface area is 278 Å². The summed E-state index contributed by atoms with van der Waals surface area (Å²) in [4.78, 5) is 25.5. The van der Waals surface area contributed by atoms with E-state index in [0.717, 1.165) is 51.3 Å². The summed E-state index contributed by atoms with van der Waals surface area (Å²) >= 11 is 0. The molecule has 0 radical (unpaired) electrons. The van der Waals surface area contributed by atoms with Crippen LogP contribution in [0.4, 0.5) is 4.39 Å². The van der Waals surface area contributed by atoms with Crippen LogP contribution in [0.2, 0.25) is 0 Å². The van der Waals surface area contributed by atoms with Crippen molar-refractivity contribution in [2.24, 2.45) is 5.92 Å². The Balaban J connectivity index is 1.14. The standard InChI is InChI=1S/C35H35FN2O8S2/c36-32-13-9-25(20-30(32)28-12-11-27-21-29(47(41,42)43)23-33(31(27)22-28)48(44,45)46)10-14-34(39)37-17-5-4-6-24-15-18-38(19-16-24)35(40)26-7-2-1-3-8-26/h1-3,7-14,20-24H,4-6,15-19H2,(H,37,39)(H,41,42,43)(H,44,45,46)/b14-10+. The van der Waals surface area contributed by atoms with Gasteiger partial charge in [-0.1, -0.05) is 49.2 Å². The van der Waals surface area contributed by atoms with Gasteiger partial charge in [-0.15, -0.1) is 0 Å². The molecular formula is C35H35FN2O8S2. The predicted molar refractivity (Wildman–Crippen MR) is 180 cm³/mol. The number of nitrogens with zero attached hydrogens (tertiary/aromatic N) is 1. The quantitative estimate of drug-likeness (QED) is 0.0982. The lowest BCUT2D eigenvalue weighted by Gasteiger charge is -2.32. The maximum Gasteiger partial charge on any atom is 0.295 e. The summed E-state index contributed by atoms with van der Waals surface area (Å²) in [6.45, 7) is 1.99. The van der Waals surface area contributed by atoms with Crippen LogP contribution >= 0.6 is 0 Å². The number of benzene rings is 4. The van der Waals surface area contributed by atoms with Crippen molar-refractivity contribution in [3.05, 3.63) is 102 Å². The van der Waals surface area contributed by atoms with Gasteiger partial charge in [0.15, 0.2) is 0 Å². The molecule has 0 bridgehead atoms. The number of rotatable bonds is 11. The minimum Gasteiger partial charge on any atom is -0.353 e. The first-order valence-electron chi connectivity index (χ1n) is 15.4. The van der Waals surface area contributed by atoms with Crippen LogP contribution in [0.5, 0.6) is 0 Å². The third kappa shape index (κ3) is 8.72. The first kappa shape index (κ1) is 34.9. The first-order chi connectivity index (χ1) is 22.8. The highest BCUT2D eigenvalue weighted by molar-refractivity contribution is 7.86. The summed E-state index contributed by atoms with van der Waals surface area (Å²) in [6.07, 6.45) is 7.56. The minimum absolute atomic E-state index is 0.0729. The summed E-state index contributed by atoms with van der Waals surface area (Å²) in [5.74, 6) is -0.326. The van der Waals surface area contributed by atoms with Gasteiger partial charge in [-0.3, -0.25) is 18.7 Å². The molecule has 1 heterocycles. The van der Waals surface area contributed by atoms with Crippen molar-refractivity contribution >= 4 is 48.9 Å². The number of fused-ring (bicyclic) bond motifs is 1. The van der Waals surface area contributed by atoms with Gasteiger partial charge in [-0.2, -0.15) is 16.8 Å². The Morgan fingerprint density at radius 1 is 0.875 bits per heavy atom. The van der Waals surface area contributed by atoms with Gasteiger partial charge in [-0.05, 0) is 90.2 Å². The molecule has 252 valence electrons. The highest BCUT2D eigenvalue weighted by atomic mass is 32.2. The molecule has 13 heteroatoms. The highest BCUT2D eigenvalue weighted by Crippen LogP contribution is 2.33. The molecule has 0 atom stereocenters. The number of hydrogen-bond donors (Lipinski definition) is 3. The van der Waals surface area contributed by atoms with Crippen LogP contribution in [0.25, 0.3) is 28.0 Å². The van der Waals surface area contributed by atoms with E-state index in [-0.39, 0.29) is 33.7 Å². The van der Waals surface area contributed by atoms with E-state index < -0.39 is 35.8 Å². The molecule has 10 nitrogen and oxygen atoms in total. The van der Waals surface area contributed by atoms with Crippen LogP contribution in [0.15, 0.2) is 94.7 Å². The van der Waals surface area contributed by atoms with Crippen LogP contribution in [0.3, 0.4) is 0 Å². The predicted octanol–water partition coefficient (Wildman–Crippen LogP) is 5.99. The molecule has 2 amide bonds. The molecule has 1 aliphatic heterocycles. The maximum absolute atomic E-state index is 14.9. The monoisotopic (exact) mass is 694 g/mol. The van der Waals surface area contributed by atoms with Gasteiger partial charge < -0.3 is 10.2 Å². The molecule has 4 aromatic rings. The maximum atomic E-state index is 14.9. The number of piperidine rings is 1. The molecule has 3 N–H and O–H groups in total. The van der Waals surface area contributed by atoms with Crippen molar-refractivity contribution in [2.75, 3.05) is 19.6 Å². The number of amides is 2. The summed E-state index contributed by atoms with van der Waals surface area (Å²) in [7, 11) is -9.69. The summed E-state index contributed by atoms with van der Waals surface area (Å²) in [5.41, 5.74) is 1.52. The van der Waals surface area contributed by atoms with Crippen LogP contribution in [0, 0.1) is 11.7 Å². The average Bonchev–Trinajstić information content (AvgIpc) is 3.06. The topological polar surface area (TPSA) is 158 Å². The van der Waals surface area contributed by atoms with Crippen molar-refractivity contribution in [2.45, 2.75) is 41.9 Å². The van der Waals surface area contributed by atoms with Crippen LogP contribution in [-0.4, -0.2) is 62.3 Å². The molecule has 0 unspecified atom stereocenters. The molecule has 5 rings (SSSR count). The van der Waals surface area contributed by atoms with Gasteiger partial charge in [0.05, 0.1) is 4.90 Å². The Kier molecular flexibility index (Phi) is 10.7. The fourth-order valence-electron chi connectivity index (χ4n) is 5.88. The normalized spacial score (nSPS) is 14.4. The lowest BCUT2D eigenvalue weighted by atomic mass is 9.91. The van der Waals surface area contributed by atoms with Gasteiger partial charge >= 0.3 is 0 Å². The number of carbonyl (C=O) groups excluding carboxylic acids is 2. The van der Waals surface area contributed by atoms with Gasteiger partial charge in [0.25, 0.3) is 26.1 Å². The van der Waals surface area contributed by atoms with E-state index in [2.05, 4.69) is 5.32 Å². The number of likely N-dealkylation sites (tertiary alicyclic amines) is 1. The second-order valence-electron chi connectivity index (χ2n) is 11.8. The fraction of sp³-hybridized carbons (Fsp3) is 0.257. The fourth-order valence-corrected chi connectivity index (χ4v) is 7.23. The Hall–Kier alpha value is -4.43. The van der Waals surface area contributed by atoms with Gasteiger partial charge in [-0.25, -0.2) is 4.39 Å².